The molecule has 3 atom stereocenters. The molecule has 13 heteroatoms. The van der Waals surface area contributed by atoms with Crippen molar-refractivity contribution in [3.63, 3.8) is 0 Å². The molecule has 1 aromatic rings. The average molecular weight is 439 g/mol. The maximum Gasteiger partial charge on any atom is 0.326 e. The number of amides is 4. The minimum atomic E-state index is -1.52. The summed E-state index contributed by atoms with van der Waals surface area (Å²) < 4.78 is 0. The molecule has 0 bridgehead atoms. The summed E-state index contributed by atoms with van der Waals surface area (Å²) in [6, 6.07) is -3.50. The fourth-order valence-electron chi connectivity index (χ4n) is 2.65. The molecule has 0 fully saturated rings. The van der Waals surface area contributed by atoms with Crippen molar-refractivity contribution in [3.8, 4) is 0 Å². The summed E-state index contributed by atoms with van der Waals surface area (Å²) in [4.78, 5) is 65.6. The Morgan fingerprint density at radius 2 is 1.81 bits per heavy atom. The molecule has 0 aliphatic heterocycles. The number of rotatable bonds is 13. The molecule has 0 aromatic carbocycles. The Morgan fingerprint density at radius 1 is 1.13 bits per heavy atom. The predicted octanol–water partition coefficient (Wildman–Crippen LogP) is -2.63. The Balaban J connectivity index is 2.63. The Bertz CT molecular complexity index is 780. The molecule has 1 aromatic heterocycles. The largest absolute Gasteiger partial charge is 0.480 e. The third kappa shape index (κ3) is 9.71. The predicted molar refractivity (Wildman–Crippen MR) is 108 cm³/mol. The van der Waals surface area contributed by atoms with E-state index >= 15 is 0 Å². The number of H-pyrrole nitrogens is 1. The summed E-state index contributed by atoms with van der Waals surface area (Å²) in [5, 5.41) is 16.2. The van der Waals surface area contributed by atoms with Crippen LogP contribution in [0, 0.1) is 5.92 Å². The molecule has 0 aliphatic rings. The smallest absolute Gasteiger partial charge is 0.326 e. The second-order valence-electron chi connectivity index (χ2n) is 7.42. The summed E-state index contributed by atoms with van der Waals surface area (Å²) in [5.41, 5.74) is 11.4. The maximum atomic E-state index is 12.5. The standard InChI is InChI=1S/C18H29N7O6/c1-9(2)3-12(17(29)25-13(18(30)31)5-14(20)26)24-15(27)7-22-16(28)11(19)4-10-6-21-8-23-10/h6,8-9,11-13H,3-5,7,19H2,1-2H3,(H2,20,26)(H,21,23)(H,22,28)(H,24,27)(H,25,29)(H,30,31). The molecule has 0 radical (unpaired) electrons. The van der Waals surface area contributed by atoms with Crippen LogP contribution in [0.5, 0.6) is 0 Å². The maximum absolute atomic E-state index is 12.5. The van der Waals surface area contributed by atoms with Crippen molar-refractivity contribution in [1.29, 1.82) is 0 Å². The van der Waals surface area contributed by atoms with Gasteiger partial charge < -0.3 is 37.5 Å². The highest BCUT2D eigenvalue weighted by atomic mass is 16.4. The van der Waals surface area contributed by atoms with Crippen molar-refractivity contribution < 1.29 is 29.1 Å². The molecule has 0 saturated heterocycles. The van der Waals surface area contributed by atoms with Gasteiger partial charge in [-0.3, -0.25) is 19.2 Å². The molecular weight excluding hydrogens is 410 g/mol. The summed E-state index contributed by atoms with van der Waals surface area (Å²) in [5.74, 6) is -4.36. The van der Waals surface area contributed by atoms with Gasteiger partial charge in [-0.25, -0.2) is 9.78 Å². The van der Waals surface area contributed by atoms with Gasteiger partial charge in [-0.05, 0) is 12.3 Å². The molecule has 1 heterocycles. The number of carbonyl (C=O) groups is 5. The number of nitrogens with zero attached hydrogens (tertiary/aromatic N) is 1. The molecule has 13 nitrogen and oxygen atoms in total. The van der Waals surface area contributed by atoms with Gasteiger partial charge in [0.05, 0.1) is 25.3 Å². The number of aromatic nitrogens is 2. The molecule has 0 aliphatic carbocycles. The van der Waals surface area contributed by atoms with Crippen LogP contribution in [0.4, 0.5) is 0 Å². The number of primary amides is 1. The number of imidazole rings is 1. The van der Waals surface area contributed by atoms with Crippen molar-refractivity contribution in [2.24, 2.45) is 17.4 Å². The van der Waals surface area contributed by atoms with Gasteiger partial charge in [0.2, 0.25) is 23.6 Å². The van der Waals surface area contributed by atoms with E-state index in [1.54, 1.807) is 13.8 Å². The summed E-state index contributed by atoms with van der Waals surface area (Å²) in [6.45, 7) is 3.18. The lowest BCUT2D eigenvalue weighted by Gasteiger charge is -2.22. The van der Waals surface area contributed by atoms with Crippen LogP contribution >= 0.6 is 0 Å². The highest BCUT2D eigenvalue weighted by molar-refractivity contribution is 5.93. The van der Waals surface area contributed by atoms with E-state index in [1.807, 2.05) is 0 Å². The second kappa shape index (κ2) is 12.3. The normalized spacial score (nSPS) is 13.7. The number of hydrogen-bond donors (Lipinski definition) is 7. The van der Waals surface area contributed by atoms with Crippen molar-refractivity contribution in [2.45, 2.75) is 51.2 Å². The van der Waals surface area contributed by atoms with Crippen LogP contribution in [0.15, 0.2) is 12.5 Å². The topological polar surface area (TPSA) is 222 Å². The molecule has 31 heavy (non-hydrogen) atoms. The molecule has 1 rings (SSSR count). The van der Waals surface area contributed by atoms with Gasteiger partial charge in [-0.15, -0.1) is 0 Å². The summed E-state index contributed by atoms with van der Waals surface area (Å²) >= 11 is 0. The van der Waals surface area contributed by atoms with Crippen molar-refractivity contribution in [1.82, 2.24) is 25.9 Å². The minimum absolute atomic E-state index is 0.0205. The zero-order valence-corrected chi connectivity index (χ0v) is 17.4. The fraction of sp³-hybridized carbons (Fsp3) is 0.556. The van der Waals surface area contributed by atoms with E-state index in [0.717, 1.165) is 0 Å². The Morgan fingerprint density at radius 3 is 2.32 bits per heavy atom. The molecular formula is C18H29N7O6. The van der Waals surface area contributed by atoms with E-state index in [4.69, 9.17) is 16.6 Å². The van der Waals surface area contributed by atoms with Crippen molar-refractivity contribution >= 4 is 29.6 Å². The number of nitrogens with two attached hydrogens (primary N) is 2. The summed E-state index contributed by atoms with van der Waals surface area (Å²) in [6.07, 6.45) is 2.78. The van der Waals surface area contributed by atoms with Gasteiger partial charge in [0.25, 0.3) is 0 Å². The molecule has 172 valence electrons. The molecule has 3 unspecified atom stereocenters. The van der Waals surface area contributed by atoms with Crippen LogP contribution in [0.25, 0.3) is 0 Å². The summed E-state index contributed by atoms with van der Waals surface area (Å²) in [7, 11) is 0. The average Bonchev–Trinajstić information content (AvgIpc) is 3.17. The third-order valence-electron chi connectivity index (χ3n) is 4.13. The van der Waals surface area contributed by atoms with Crippen LogP contribution in [0.1, 0.15) is 32.4 Å². The van der Waals surface area contributed by atoms with Crippen LogP contribution in [-0.4, -0.2) is 69.3 Å². The first kappa shape index (κ1) is 25.6. The van der Waals surface area contributed by atoms with Gasteiger partial charge in [0.15, 0.2) is 0 Å². The lowest BCUT2D eigenvalue weighted by atomic mass is 10.0. The molecule has 4 amide bonds. The number of hydrogen-bond acceptors (Lipinski definition) is 7. The van der Waals surface area contributed by atoms with Crippen molar-refractivity contribution in [2.75, 3.05) is 6.54 Å². The number of carboxylic acids is 1. The van der Waals surface area contributed by atoms with E-state index in [9.17, 15) is 24.0 Å². The van der Waals surface area contributed by atoms with Crippen molar-refractivity contribution in [3.05, 3.63) is 18.2 Å². The number of aromatic amines is 1. The van der Waals surface area contributed by atoms with E-state index in [2.05, 4.69) is 25.9 Å². The van der Waals surface area contributed by atoms with E-state index in [1.165, 1.54) is 12.5 Å². The molecule has 9 N–H and O–H groups in total. The zero-order valence-electron chi connectivity index (χ0n) is 17.4. The molecule has 0 spiro atoms. The first-order valence-corrected chi connectivity index (χ1v) is 9.61. The monoisotopic (exact) mass is 439 g/mol. The van der Waals surface area contributed by atoms with Crippen LogP contribution < -0.4 is 27.4 Å². The fourth-order valence-corrected chi connectivity index (χ4v) is 2.65. The van der Waals surface area contributed by atoms with Gasteiger partial charge in [-0.1, -0.05) is 13.8 Å². The van der Waals surface area contributed by atoms with Gasteiger partial charge in [0.1, 0.15) is 12.1 Å². The number of aliphatic carboxylic acids is 1. The Kier molecular flexibility index (Phi) is 10.1. The highest BCUT2D eigenvalue weighted by Gasteiger charge is 2.28. The Hall–Kier alpha value is -3.48. The van der Waals surface area contributed by atoms with Crippen LogP contribution in [0.2, 0.25) is 0 Å². The van der Waals surface area contributed by atoms with E-state index in [-0.39, 0.29) is 18.8 Å². The third-order valence-corrected chi connectivity index (χ3v) is 4.13. The lowest BCUT2D eigenvalue weighted by molar-refractivity contribution is -0.143. The van der Waals surface area contributed by atoms with Crippen LogP contribution in [0.3, 0.4) is 0 Å². The SMILES string of the molecule is CC(C)CC(NC(=O)CNC(=O)C(N)Cc1cnc[nH]1)C(=O)NC(CC(N)=O)C(=O)O. The first-order chi connectivity index (χ1) is 14.5. The molecule has 0 saturated carbocycles. The van der Waals surface area contributed by atoms with Crippen LogP contribution in [-0.2, 0) is 30.4 Å². The van der Waals surface area contributed by atoms with E-state index < -0.39 is 60.7 Å². The van der Waals surface area contributed by atoms with E-state index in [0.29, 0.717) is 5.69 Å². The highest BCUT2D eigenvalue weighted by Crippen LogP contribution is 2.06. The minimum Gasteiger partial charge on any atom is -0.480 e. The zero-order chi connectivity index (χ0) is 23.6. The first-order valence-electron chi connectivity index (χ1n) is 9.61. The second-order valence-corrected chi connectivity index (χ2v) is 7.42. The quantitative estimate of drug-likeness (QED) is 0.172. The van der Waals surface area contributed by atoms with Gasteiger partial charge >= 0.3 is 5.97 Å². The number of carbonyl (C=O) groups excluding carboxylic acids is 4. The van der Waals surface area contributed by atoms with Gasteiger partial charge in [0, 0.05) is 18.3 Å². The lowest BCUT2D eigenvalue weighted by Crippen LogP contribution is -2.54. The number of nitrogens with one attached hydrogen (secondary N) is 4. The number of carboxylic acid groups (broad SMARTS) is 1. The Labute approximate surface area is 178 Å². The van der Waals surface area contributed by atoms with Gasteiger partial charge in [-0.2, -0.15) is 0 Å².